The number of nitrogens with two attached hydrogens (primary N) is 1. The number of hydrogen-bond donors (Lipinski definition) is 1. The second kappa shape index (κ2) is 5.87. The quantitative estimate of drug-likeness (QED) is 0.874. The number of benzene rings is 1. The van der Waals surface area contributed by atoms with Crippen LogP contribution in [-0.2, 0) is 11.3 Å². The highest BCUT2D eigenvalue weighted by Crippen LogP contribution is 2.20. The van der Waals surface area contributed by atoms with E-state index in [-0.39, 0.29) is 12.3 Å². The van der Waals surface area contributed by atoms with Crippen molar-refractivity contribution in [2.45, 2.75) is 32.5 Å². The molecule has 1 unspecified atom stereocenters. The maximum atomic E-state index is 12.0. The van der Waals surface area contributed by atoms with Gasteiger partial charge in [0.2, 0.25) is 0 Å². The Hall–Kier alpha value is -1.55. The number of rotatable bonds is 2. The van der Waals surface area contributed by atoms with Crippen molar-refractivity contribution in [2.75, 3.05) is 6.54 Å². The predicted octanol–water partition coefficient (Wildman–Crippen LogP) is 2.34. The number of amides is 1. The summed E-state index contributed by atoms with van der Waals surface area (Å²) in [5.41, 5.74) is 7.01. The second-order valence-electron chi connectivity index (χ2n) is 4.84. The Bertz CT molecular complexity index is 394. The van der Waals surface area contributed by atoms with Gasteiger partial charge in [-0.3, -0.25) is 4.90 Å². The van der Waals surface area contributed by atoms with E-state index in [4.69, 9.17) is 10.5 Å². The molecular weight excluding hydrogens is 228 g/mol. The zero-order chi connectivity index (χ0) is 13.0. The van der Waals surface area contributed by atoms with Crippen LogP contribution in [0.15, 0.2) is 30.3 Å². The van der Waals surface area contributed by atoms with Crippen LogP contribution in [0.25, 0.3) is 0 Å². The zero-order valence-corrected chi connectivity index (χ0v) is 10.7. The Kier molecular flexibility index (Phi) is 4.20. The molecule has 2 atom stereocenters. The van der Waals surface area contributed by atoms with Crippen molar-refractivity contribution >= 4 is 6.09 Å². The Labute approximate surface area is 108 Å². The van der Waals surface area contributed by atoms with Crippen LogP contribution in [0, 0.1) is 5.92 Å². The molecule has 0 bridgehead atoms. The van der Waals surface area contributed by atoms with Gasteiger partial charge >= 0.3 is 6.09 Å². The highest BCUT2D eigenvalue weighted by Gasteiger charge is 2.29. The fourth-order valence-corrected chi connectivity index (χ4v) is 2.23. The highest BCUT2D eigenvalue weighted by atomic mass is 16.6. The SMILES string of the molecule is C[C@@H]1CCCN(C(=O)OCc2ccccc2)C1N. The molecule has 1 aromatic rings. The molecule has 4 heteroatoms. The van der Waals surface area contributed by atoms with Crippen LogP contribution in [0.2, 0.25) is 0 Å². The summed E-state index contributed by atoms with van der Waals surface area (Å²) in [5, 5.41) is 0. The molecule has 2 rings (SSSR count). The van der Waals surface area contributed by atoms with Gasteiger partial charge < -0.3 is 10.5 Å². The number of hydrogen-bond acceptors (Lipinski definition) is 3. The number of likely N-dealkylation sites (tertiary alicyclic amines) is 1. The lowest BCUT2D eigenvalue weighted by Crippen LogP contribution is -2.52. The summed E-state index contributed by atoms with van der Waals surface area (Å²) in [5.74, 6) is 0.336. The average Bonchev–Trinajstić information content (AvgIpc) is 2.40. The van der Waals surface area contributed by atoms with Gasteiger partial charge in [0.25, 0.3) is 0 Å². The van der Waals surface area contributed by atoms with E-state index in [9.17, 15) is 4.79 Å². The van der Waals surface area contributed by atoms with E-state index in [0.717, 1.165) is 18.4 Å². The first-order valence-electron chi connectivity index (χ1n) is 6.41. The van der Waals surface area contributed by atoms with E-state index in [1.54, 1.807) is 4.90 Å². The maximum Gasteiger partial charge on any atom is 0.411 e. The maximum absolute atomic E-state index is 12.0. The van der Waals surface area contributed by atoms with Gasteiger partial charge in [0, 0.05) is 6.54 Å². The van der Waals surface area contributed by atoms with Gasteiger partial charge in [-0.15, -0.1) is 0 Å². The monoisotopic (exact) mass is 248 g/mol. The van der Waals surface area contributed by atoms with Crippen molar-refractivity contribution in [1.29, 1.82) is 0 Å². The first-order valence-corrected chi connectivity index (χ1v) is 6.41. The van der Waals surface area contributed by atoms with Crippen molar-refractivity contribution in [3.8, 4) is 0 Å². The predicted molar refractivity (Wildman–Crippen MR) is 69.7 cm³/mol. The molecule has 1 aliphatic rings. The molecule has 1 amide bonds. The normalized spacial score (nSPS) is 23.8. The smallest absolute Gasteiger partial charge is 0.411 e. The standard InChI is InChI=1S/C14H20N2O2/c1-11-6-5-9-16(13(11)15)14(17)18-10-12-7-3-2-4-8-12/h2-4,7-8,11,13H,5-6,9-10,15H2,1H3/t11-,13?/m1/s1. The van der Waals surface area contributed by atoms with Crippen LogP contribution in [0.3, 0.4) is 0 Å². The minimum Gasteiger partial charge on any atom is -0.445 e. The van der Waals surface area contributed by atoms with Gasteiger partial charge in [-0.2, -0.15) is 0 Å². The fraction of sp³-hybridized carbons (Fsp3) is 0.500. The minimum atomic E-state index is -0.307. The summed E-state index contributed by atoms with van der Waals surface area (Å²) >= 11 is 0. The van der Waals surface area contributed by atoms with E-state index in [2.05, 4.69) is 6.92 Å². The molecule has 18 heavy (non-hydrogen) atoms. The van der Waals surface area contributed by atoms with E-state index >= 15 is 0 Å². The number of ether oxygens (including phenoxy) is 1. The van der Waals surface area contributed by atoms with Crippen molar-refractivity contribution in [3.05, 3.63) is 35.9 Å². The lowest BCUT2D eigenvalue weighted by atomic mass is 9.97. The van der Waals surface area contributed by atoms with E-state index in [1.165, 1.54) is 0 Å². The van der Waals surface area contributed by atoms with Gasteiger partial charge in [0.1, 0.15) is 6.61 Å². The second-order valence-corrected chi connectivity index (χ2v) is 4.84. The van der Waals surface area contributed by atoms with Gasteiger partial charge in [-0.1, -0.05) is 37.3 Å². The summed E-state index contributed by atoms with van der Waals surface area (Å²) in [6.07, 6.45) is 1.54. The number of nitrogens with zero attached hydrogens (tertiary/aromatic N) is 1. The van der Waals surface area contributed by atoms with Gasteiger partial charge in [0.05, 0.1) is 6.17 Å². The van der Waals surface area contributed by atoms with Crippen LogP contribution in [0.1, 0.15) is 25.3 Å². The Morgan fingerprint density at radius 2 is 2.17 bits per heavy atom. The summed E-state index contributed by atoms with van der Waals surface area (Å²) in [4.78, 5) is 13.6. The van der Waals surface area contributed by atoms with Gasteiger partial charge in [0.15, 0.2) is 0 Å². The Balaban J connectivity index is 1.88. The van der Waals surface area contributed by atoms with Crippen LogP contribution >= 0.6 is 0 Å². The summed E-state index contributed by atoms with van der Waals surface area (Å²) in [6.45, 7) is 3.07. The molecule has 0 spiro atoms. The Morgan fingerprint density at radius 1 is 1.44 bits per heavy atom. The van der Waals surface area contributed by atoms with Gasteiger partial charge in [-0.05, 0) is 24.3 Å². The molecule has 0 saturated carbocycles. The number of carbonyl (C=O) groups is 1. The molecule has 1 aromatic carbocycles. The molecule has 0 aliphatic carbocycles. The molecule has 2 N–H and O–H groups in total. The highest BCUT2D eigenvalue weighted by molar-refractivity contribution is 5.68. The summed E-state index contributed by atoms with van der Waals surface area (Å²) < 4.78 is 5.29. The van der Waals surface area contributed by atoms with E-state index in [0.29, 0.717) is 19.1 Å². The van der Waals surface area contributed by atoms with Crippen LogP contribution in [0.5, 0.6) is 0 Å². The van der Waals surface area contributed by atoms with Crippen molar-refractivity contribution in [3.63, 3.8) is 0 Å². The van der Waals surface area contributed by atoms with E-state index < -0.39 is 0 Å². The first kappa shape index (κ1) is 12.9. The average molecular weight is 248 g/mol. The van der Waals surface area contributed by atoms with Crippen molar-refractivity contribution in [2.24, 2.45) is 11.7 Å². The third kappa shape index (κ3) is 3.01. The lowest BCUT2D eigenvalue weighted by Gasteiger charge is -2.36. The summed E-state index contributed by atoms with van der Waals surface area (Å²) in [6, 6.07) is 9.67. The molecule has 1 fully saturated rings. The Morgan fingerprint density at radius 3 is 2.89 bits per heavy atom. The van der Waals surface area contributed by atoms with Gasteiger partial charge in [-0.25, -0.2) is 4.79 Å². The molecule has 98 valence electrons. The van der Waals surface area contributed by atoms with Crippen LogP contribution in [0.4, 0.5) is 4.79 Å². The molecule has 1 saturated heterocycles. The molecule has 1 aliphatic heterocycles. The fourth-order valence-electron chi connectivity index (χ4n) is 2.23. The molecule has 4 nitrogen and oxygen atoms in total. The number of carbonyl (C=O) groups excluding carboxylic acids is 1. The summed E-state index contributed by atoms with van der Waals surface area (Å²) in [7, 11) is 0. The van der Waals surface area contributed by atoms with Crippen LogP contribution in [-0.4, -0.2) is 23.7 Å². The van der Waals surface area contributed by atoms with Crippen molar-refractivity contribution < 1.29 is 9.53 Å². The molecule has 0 aromatic heterocycles. The lowest BCUT2D eigenvalue weighted by molar-refractivity contribution is 0.0539. The largest absolute Gasteiger partial charge is 0.445 e. The number of piperidine rings is 1. The molecule has 1 heterocycles. The molecule has 0 radical (unpaired) electrons. The van der Waals surface area contributed by atoms with E-state index in [1.807, 2.05) is 30.3 Å². The zero-order valence-electron chi connectivity index (χ0n) is 10.7. The van der Waals surface area contributed by atoms with Crippen LogP contribution < -0.4 is 5.73 Å². The topological polar surface area (TPSA) is 55.6 Å². The van der Waals surface area contributed by atoms with Crippen molar-refractivity contribution in [1.82, 2.24) is 4.90 Å². The first-order chi connectivity index (χ1) is 8.68. The molecular formula is C14H20N2O2. The third-order valence-corrected chi connectivity index (χ3v) is 3.44. The minimum absolute atomic E-state index is 0.220. The third-order valence-electron chi connectivity index (χ3n) is 3.44.